The van der Waals surface area contributed by atoms with Gasteiger partial charge in [-0.3, -0.25) is 9.59 Å². The molecule has 190 valence electrons. The maximum atomic E-state index is 13.0. The van der Waals surface area contributed by atoms with Gasteiger partial charge in [0.1, 0.15) is 5.78 Å². The number of hydrogen-bond donors (Lipinski definition) is 3. The Kier molecular flexibility index (Phi) is 8.38. The molecule has 1 amide bonds. The van der Waals surface area contributed by atoms with Crippen LogP contribution in [-0.2, 0) is 14.3 Å². The molecule has 6 atom stereocenters. The number of fused-ring (bicyclic) bond motifs is 1. The molecule has 34 heavy (non-hydrogen) atoms. The van der Waals surface area contributed by atoms with Crippen LogP contribution in [0.1, 0.15) is 83.8 Å². The highest BCUT2D eigenvalue weighted by Gasteiger charge is 2.52. The maximum Gasteiger partial charge on any atom is 0.223 e. The van der Waals surface area contributed by atoms with Crippen molar-refractivity contribution in [2.24, 2.45) is 11.3 Å². The van der Waals surface area contributed by atoms with Crippen molar-refractivity contribution in [3.63, 3.8) is 0 Å². The average molecular weight is 493 g/mol. The molecule has 6 unspecified atom stereocenters. The Bertz CT molecular complexity index is 926. The van der Waals surface area contributed by atoms with E-state index in [-0.39, 0.29) is 48.2 Å². The number of epoxide rings is 1. The lowest BCUT2D eigenvalue weighted by molar-refractivity contribution is -0.138. The highest BCUT2D eigenvalue weighted by atomic mass is 32.1. The molecule has 3 N–H and O–H groups in total. The van der Waals surface area contributed by atoms with Crippen molar-refractivity contribution in [1.82, 2.24) is 10.3 Å². The monoisotopic (exact) mass is 492 g/mol. The summed E-state index contributed by atoms with van der Waals surface area (Å²) in [5.41, 5.74) is 0.449. The molecule has 1 aromatic heterocycles. The van der Waals surface area contributed by atoms with Crippen LogP contribution in [-0.4, -0.2) is 56.8 Å². The van der Waals surface area contributed by atoms with E-state index in [1.807, 2.05) is 32.2 Å². The number of Topliss-reactive ketones (excluding diaryl/α,β-unsaturated/α-hetero) is 1. The molecular weight excluding hydrogens is 452 g/mol. The summed E-state index contributed by atoms with van der Waals surface area (Å²) in [7, 11) is 0. The van der Waals surface area contributed by atoms with Crippen molar-refractivity contribution >= 4 is 29.1 Å². The zero-order chi connectivity index (χ0) is 25.3. The first kappa shape index (κ1) is 27.0. The van der Waals surface area contributed by atoms with Gasteiger partial charge in [-0.2, -0.15) is 0 Å². The first-order valence-corrected chi connectivity index (χ1v) is 13.2. The molecule has 2 fully saturated rings. The SMILES string of the molecule is C/C(=C\c1csc(C)n1)C1CC2OC2(C)CCCC(C)C(O)CC(=O)C(C)(C)C(O)CC(=O)N1. The van der Waals surface area contributed by atoms with E-state index in [0.29, 0.717) is 6.42 Å². The molecule has 2 aliphatic rings. The van der Waals surface area contributed by atoms with Crippen LogP contribution in [0.5, 0.6) is 0 Å². The number of ether oxygens (including phenoxy) is 1. The third-order valence-electron chi connectivity index (χ3n) is 7.70. The van der Waals surface area contributed by atoms with Gasteiger partial charge in [0, 0.05) is 23.6 Å². The molecule has 0 radical (unpaired) electrons. The van der Waals surface area contributed by atoms with Gasteiger partial charge in [-0.25, -0.2) is 4.98 Å². The fourth-order valence-corrected chi connectivity index (χ4v) is 5.22. The highest BCUT2D eigenvalue weighted by Crippen LogP contribution is 2.44. The number of rotatable bonds is 2. The molecule has 0 aromatic carbocycles. The van der Waals surface area contributed by atoms with Crippen LogP contribution >= 0.6 is 11.3 Å². The third kappa shape index (κ3) is 6.53. The summed E-state index contributed by atoms with van der Waals surface area (Å²) in [5.74, 6) is -0.583. The lowest BCUT2D eigenvalue weighted by Crippen LogP contribution is -2.44. The zero-order valence-corrected chi connectivity index (χ0v) is 22.1. The van der Waals surface area contributed by atoms with Crippen LogP contribution in [0.25, 0.3) is 6.08 Å². The van der Waals surface area contributed by atoms with Crippen LogP contribution in [0.4, 0.5) is 0 Å². The lowest BCUT2D eigenvalue weighted by Gasteiger charge is -2.31. The van der Waals surface area contributed by atoms with Gasteiger partial charge in [0.05, 0.1) is 47.1 Å². The number of carbonyl (C=O) groups is 2. The van der Waals surface area contributed by atoms with Crippen molar-refractivity contribution in [1.29, 1.82) is 0 Å². The molecule has 0 saturated carbocycles. The Balaban J connectivity index is 1.83. The fourth-order valence-electron chi connectivity index (χ4n) is 4.65. The first-order chi connectivity index (χ1) is 15.8. The molecule has 3 heterocycles. The molecule has 0 aliphatic carbocycles. The second-order valence-electron chi connectivity index (χ2n) is 11.0. The number of aliphatic hydroxyl groups is 2. The van der Waals surface area contributed by atoms with E-state index in [1.165, 1.54) is 0 Å². The number of nitrogens with zero attached hydrogens (tertiary/aromatic N) is 1. The number of aliphatic hydroxyl groups excluding tert-OH is 2. The van der Waals surface area contributed by atoms with E-state index >= 15 is 0 Å². The summed E-state index contributed by atoms with van der Waals surface area (Å²) >= 11 is 1.58. The molecule has 8 heteroatoms. The summed E-state index contributed by atoms with van der Waals surface area (Å²) in [6, 6.07) is -0.263. The summed E-state index contributed by atoms with van der Waals surface area (Å²) < 4.78 is 6.08. The standard InChI is InChI=1S/C26H40N2O5S/c1-15-8-7-9-26(6)23(33-26)11-19(16(2)10-18-14-34-17(3)27-18)28-24(32)13-22(31)25(4,5)21(30)12-20(15)29/h10,14-15,19-20,22-23,29,31H,7-9,11-13H2,1-6H3,(H,28,32)/b16-10+. The second-order valence-corrected chi connectivity index (χ2v) is 12.0. The molecule has 0 bridgehead atoms. The van der Waals surface area contributed by atoms with Gasteiger partial charge in [0.2, 0.25) is 5.91 Å². The predicted octanol–water partition coefficient (Wildman–Crippen LogP) is 3.80. The number of aryl methyl sites for hydroxylation is 1. The number of hydrogen-bond acceptors (Lipinski definition) is 7. The van der Waals surface area contributed by atoms with Crippen molar-refractivity contribution in [2.75, 3.05) is 0 Å². The maximum absolute atomic E-state index is 13.0. The van der Waals surface area contributed by atoms with Crippen LogP contribution < -0.4 is 5.32 Å². The number of carbonyl (C=O) groups excluding carboxylic acids is 2. The van der Waals surface area contributed by atoms with Crippen molar-refractivity contribution < 1.29 is 24.5 Å². The quantitative estimate of drug-likeness (QED) is 0.542. The largest absolute Gasteiger partial charge is 0.392 e. The summed E-state index contributed by atoms with van der Waals surface area (Å²) in [6.07, 6.45) is 3.05. The van der Waals surface area contributed by atoms with Gasteiger partial charge in [0.25, 0.3) is 0 Å². The minimum absolute atomic E-state index is 0.0226. The fraction of sp³-hybridized carbons (Fsp3) is 0.731. The minimum Gasteiger partial charge on any atom is -0.392 e. The molecule has 7 nitrogen and oxygen atoms in total. The van der Waals surface area contributed by atoms with E-state index in [2.05, 4.69) is 17.2 Å². The number of ketones is 1. The number of nitrogens with one attached hydrogen (secondary N) is 1. The Morgan fingerprint density at radius 1 is 1.26 bits per heavy atom. The van der Waals surface area contributed by atoms with E-state index in [4.69, 9.17) is 4.74 Å². The molecule has 0 spiro atoms. The highest BCUT2D eigenvalue weighted by molar-refractivity contribution is 7.09. The van der Waals surface area contributed by atoms with Crippen LogP contribution in [0.2, 0.25) is 0 Å². The summed E-state index contributed by atoms with van der Waals surface area (Å²) in [4.78, 5) is 30.4. The van der Waals surface area contributed by atoms with Gasteiger partial charge in [-0.15, -0.1) is 11.3 Å². The molecule has 3 rings (SSSR count). The van der Waals surface area contributed by atoms with Gasteiger partial charge in [-0.05, 0) is 51.2 Å². The molecule has 1 aromatic rings. The Hall–Kier alpha value is -1.61. The molecular formula is C26H40N2O5S. The summed E-state index contributed by atoms with van der Waals surface area (Å²) in [6.45, 7) is 11.3. The van der Waals surface area contributed by atoms with Gasteiger partial charge in [0.15, 0.2) is 0 Å². The van der Waals surface area contributed by atoms with Crippen molar-refractivity contribution in [3.8, 4) is 0 Å². The van der Waals surface area contributed by atoms with Crippen LogP contribution in [0.15, 0.2) is 11.0 Å². The van der Waals surface area contributed by atoms with Crippen LogP contribution in [0, 0.1) is 18.3 Å². The Morgan fingerprint density at radius 3 is 2.62 bits per heavy atom. The third-order valence-corrected chi connectivity index (χ3v) is 8.49. The first-order valence-electron chi connectivity index (χ1n) is 12.3. The predicted molar refractivity (Wildman–Crippen MR) is 133 cm³/mol. The summed E-state index contributed by atoms with van der Waals surface area (Å²) in [5, 5.41) is 27.4. The number of amides is 1. The Labute approximate surface area is 207 Å². The van der Waals surface area contributed by atoms with Gasteiger partial charge in [-0.1, -0.05) is 27.2 Å². The van der Waals surface area contributed by atoms with Crippen molar-refractivity contribution in [2.45, 2.75) is 110 Å². The topological polar surface area (TPSA) is 112 Å². The zero-order valence-electron chi connectivity index (χ0n) is 21.3. The normalized spacial score (nSPS) is 36.0. The van der Waals surface area contributed by atoms with Crippen LogP contribution in [0.3, 0.4) is 0 Å². The van der Waals surface area contributed by atoms with E-state index < -0.39 is 17.6 Å². The van der Waals surface area contributed by atoms with Gasteiger partial charge < -0.3 is 20.3 Å². The Morgan fingerprint density at radius 2 is 1.97 bits per heavy atom. The second kappa shape index (κ2) is 10.6. The smallest absolute Gasteiger partial charge is 0.223 e. The minimum atomic E-state index is -1.15. The van der Waals surface area contributed by atoms with Gasteiger partial charge >= 0.3 is 0 Å². The lowest BCUT2D eigenvalue weighted by atomic mass is 9.77. The van der Waals surface area contributed by atoms with E-state index in [0.717, 1.165) is 35.5 Å². The number of thiazole rings is 1. The average Bonchev–Trinajstić information content (AvgIpc) is 3.18. The number of aromatic nitrogens is 1. The van der Waals surface area contributed by atoms with E-state index in [9.17, 15) is 19.8 Å². The molecule has 2 saturated heterocycles. The van der Waals surface area contributed by atoms with E-state index in [1.54, 1.807) is 25.2 Å². The molecule has 2 aliphatic heterocycles. The van der Waals surface area contributed by atoms with Crippen molar-refractivity contribution in [3.05, 3.63) is 21.7 Å².